The summed E-state index contributed by atoms with van der Waals surface area (Å²) in [6.07, 6.45) is 6.28. The van der Waals surface area contributed by atoms with Crippen LogP contribution in [0.5, 0.6) is 0 Å². The van der Waals surface area contributed by atoms with E-state index in [1.165, 1.54) is 18.3 Å². The quantitative estimate of drug-likeness (QED) is 0.738. The molecule has 8 heteroatoms. The highest BCUT2D eigenvalue weighted by atomic mass is 32.2. The van der Waals surface area contributed by atoms with Crippen molar-refractivity contribution in [3.63, 3.8) is 0 Å². The summed E-state index contributed by atoms with van der Waals surface area (Å²) >= 11 is 0. The first kappa shape index (κ1) is 14.6. The average molecular weight is 279 g/mol. The summed E-state index contributed by atoms with van der Waals surface area (Å²) in [5, 5.41) is 17.5. The smallest absolute Gasteiger partial charge is 0.318 e. The molecule has 1 aromatic heterocycles. The molecule has 19 heavy (non-hydrogen) atoms. The van der Waals surface area contributed by atoms with Gasteiger partial charge in [-0.05, 0) is 12.1 Å². The number of rotatable bonds is 5. The highest BCUT2D eigenvalue weighted by Gasteiger charge is 2.28. The first-order valence-electron chi connectivity index (χ1n) is 4.94. The van der Waals surface area contributed by atoms with E-state index in [1.807, 2.05) is 0 Å². The van der Waals surface area contributed by atoms with Gasteiger partial charge in [0, 0.05) is 6.20 Å². The van der Waals surface area contributed by atoms with Crippen molar-refractivity contribution in [2.24, 2.45) is 0 Å². The van der Waals surface area contributed by atoms with Gasteiger partial charge in [-0.15, -0.1) is 6.42 Å². The summed E-state index contributed by atoms with van der Waals surface area (Å²) in [6, 6.07) is 4.14. The van der Waals surface area contributed by atoms with Crippen molar-refractivity contribution in [2.75, 3.05) is 13.1 Å². The zero-order valence-electron chi connectivity index (χ0n) is 9.65. The number of pyridine rings is 1. The second-order valence-electron chi connectivity index (χ2n) is 3.33. The molecule has 1 N–H and O–H groups in total. The third-order valence-electron chi connectivity index (χ3n) is 2.07. The Labute approximate surface area is 110 Å². The summed E-state index contributed by atoms with van der Waals surface area (Å²) in [5.74, 6) is 0.721. The third kappa shape index (κ3) is 3.28. The number of nitrogens with zero attached hydrogens (tertiary/aromatic N) is 3. The fourth-order valence-corrected chi connectivity index (χ4v) is 2.70. The Morgan fingerprint density at radius 1 is 1.58 bits per heavy atom. The van der Waals surface area contributed by atoms with Crippen molar-refractivity contribution in [3.8, 4) is 18.4 Å². The van der Waals surface area contributed by atoms with Gasteiger partial charge < -0.3 is 5.11 Å². The van der Waals surface area contributed by atoms with Crippen LogP contribution in [0.25, 0.3) is 0 Å². The van der Waals surface area contributed by atoms with Crippen LogP contribution in [0.3, 0.4) is 0 Å². The van der Waals surface area contributed by atoms with E-state index >= 15 is 0 Å². The molecule has 0 aliphatic heterocycles. The number of hydrogen-bond donors (Lipinski definition) is 1. The normalized spacial score (nSPS) is 10.7. The highest BCUT2D eigenvalue weighted by Crippen LogP contribution is 2.17. The first-order chi connectivity index (χ1) is 8.93. The molecule has 0 aliphatic rings. The van der Waals surface area contributed by atoms with Gasteiger partial charge in [0.2, 0.25) is 10.0 Å². The first-order valence-corrected chi connectivity index (χ1v) is 6.38. The molecule has 0 fully saturated rings. The summed E-state index contributed by atoms with van der Waals surface area (Å²) in [6.45, 7) is -1.19. The molecule has 0 aromatic carbocycles. The second kappa shape index (κ2) is 5.96. The lowest BCUT2D eigenvalue weighted by Gasteiger charge is -2.17. The van der Waals surface area contributed by atoms with Gasteiger partial charge in [0.15, 0.2) is 5.69 Å². The molecule has 1 aromatic rings. The van der Waals surface area contributed by atoms with Crippen molar-refractivity contribution < 1.29 is 18.3 Å². The number of terminal acetylenes is 1. The van der Waals surface area contributed by atoms with Crippen molar-refractivity contribution in [3.05, 3.63) is 24.0 Å². The Balaban J connectivity index is 3.32. The van der Waals surface area contributed by atoms with Gasteiger partial charge in [0.25, 0.3) is 0 Å². The second-order valence-corrected chi connectivity index (χ2v) is 5.24. The van der Waals surface area contributed by atoms with Crippen LogP contribution in [0.4, 0.5) is 0 Å². The Morgan fingerprint density at radius 3 is 2.79 bits per heavy atom. The summed E-state index contributed by atoms with van der Waals surface area (Å²) in [7, 11) is -4.18. The topological polar surface area (TPSA) is 111 Å². The highest BCUT2D eigenvalue weighted by molar-refractivity contribution is 7.89. The van der Waals surface area contributed by atoms with Gasteiger partial charge >= 0.3 is 5.97 Å². The van der Waals surface area contributed by atoms with Gasteiger partial charge in [-0.25, -0.2) is 13.4 Å². The minimum Gasteiger partial charge on any atom is -0.480 e. The molecule has 0 amide bonds. The van der Waals surface area contributed by atoms with Gasteiger partial charge in [0.05, 0.1) is 6.54 Å². The van der Waals surface area contributed by atoms with Crippen molar-refractivity contribution in [2.45, 2.75) is 4.90 Å². The molecular weight excluding hydrogens is 270 g/mol. The molecular formula is C11H9N3O4S. The van der Waals surface area contributed by atoms with E-state index in [2.05, 4.69) is 10.9 Å². The molecule has 98 valence electrons. The number of aliphatic carboxylic acids is 1. The van der Waals surface area contributed by atoms with Crippen LogP contribution in [-0.4, -0.2) is 41.9 Å². The summed E-state index contributed by atoms with van der Waals surface area (Å²) < 4.78 is 25.0. The van der Waals surface area contributed by atoms with Gasteiger partial charge in [-0.2, -0.15) is 9.57 Å². The molecule has 0 atom stereocenters. The minimum atomic E-state index is -4.18. The number of nitriles is 1. The van der Waals surface area contributed by atoms with Gasteiger partial charge in [-0.3, -0.25) is 4.79 Å². The standard InChI is InChI=1S/C11H9N3O4S/c1-2-6-14(8-11(15)16)19(17,18)10-4-3-5-13-9(10)7-12/h1,3-5H,6,8H2,(H,15,16). The van der Waals surface area contributed by atoms with Crippen molar-refractivity contribution in [1.82, 2.24) is 9.29 Å². The van der Waals surface area contributed by atoms with Gasteiger partial charge in [-0.1, -0.05) is 5.92 Å². The number of hydrogen-bond acceptors (Lipinski definition) is 5. The van der Waals surface area contributed by atoms with Crippen LogP contribution >= 0.6 is 0 Å². The summed E-state index contributed by atoms with van der Waals surface area (Å²) in [4.78, 5) is 13.9. The van der Waals surface area contributed by atoms with E-state index < -0.39 is 29.1 Å². The summed E-state index contributed by atoms with van der Waals surface area (Å²) in [5.41, 5.74) is -0.310. The van der Waals surface area contributed by atoms with E-state index in [9.17, 15) is 13.2 Å². The van der Waals surface area contributed by atoms with E-state index in [0.717, 1.165) is 0 Å². The van der Waals surface area contributed by atoms with E-state index in [0.29, 0.717) is 4.31 Å². The number of carboxylic acids is 1. The Bertz CT molecular complexity index is 670. The molecule has 0 spiro atoms. The predicted octanol–water partition coefficient (Wildman–Crippen LogP) is -0.338. The monoisotopic (exact) mass is 279 g/mol. The maximum atomic E-state index is 12.2. The molecule has 1 rings (SSSR count). The fraction of sp³-hybridized carbons (Fsp3) is 0.182. The SMILES string of the molecule is C#CCN(CC(=O)O)S(=O)(=O)c1cccnc1C#N. The predicted molar refractivity (Wildman–Crippen MR) is 64.2 cm³/mol. The maximum Gasteiger partial charge on any atom is 0.318 e. The average Bonchev–Trinajstić information content (AvgIpc) is 2.37. The molecule has 0 saturated carbocycles. The molecule has 0 unspecified atom stereocenters. The molecule has 7 nitrogen and oxygen atoms in total. The largest absolute Gasteiger partial charge is 0.480 e. The van der Waals surface area contributed by atoms with Crippen LogP contribution < -0.4 is 0 Å². The number of aromatic nitrogens is 1. The lowest BCUT2D eigenvalue weighted by molar-refractivity contribution is -0.137. The van der Waals surface area contributed by atoms with Crippen molar-refractivity contribution in [1.29, 1.82) is 5.26 Å². The Hall–Kier alpha value is -2.42. The third-order valence-corrected chi connectivity index (χ3v) is 3.90. The number of carbonyl (C=O) groups is 1. The molecule has 0 aliphatic carbocycles. The molecule has 0 radical (unpaired) electrons. The van der Waals surface area contributed by atoms with Crippen LogP contribution in [-0.2, 0) is 14.8 Å². The molecule has 1 heterocycles. The maximum absolute atomic E-state index is 12.2. The number of sulfonamides is 1. The van der Waals surface area contributed by atoms with E-state index in [-0.39, 0.29) is 10.6 Å². The zero-order chi connectivity index (χ0) is 14.5. The molecule has 0 saturated heterocycles. The minimum absolute atomic E-state index is 0.310. The Kier molecular flexibility index (Phi) is 4.59. The zero-order valence-corrected chi connectivity index (χ0v) is 10.5. The molecule has 0 bridgehead atoms. The van der Waals surface area contributed by atoms with Crippen molar-refractivity contribution >= 4 is 16.0 Å². The van der Waals surface area contributed by atoms with Crippen LogP contribution in [0.1, 0.15) is 5.69 Å². The Morgan fingerprint density at radius 2 is 2.26 bits per heavy atom. The van der Waals surface area contributed by atoms with E-state index in [4.69, 9.17) is 16.8 Å². The lowest BCUT2D eigenvalue weighted by Crippen LogP contribution is -2.36. The van der Waals surface area contributed by atoms with Crippen LogP contribution in [0.15, 0.2) is 23.2 Å². The van der Waals surface area contributed by atoms with Gasteiger partial charge in [0.1, 0.15) is 17.5 Å². The fourth-order valence-electron chi connectivity index (χ4n) is 1.30. The van der Waals surface area contributed by atoms with E-state index in [1.54, 1.807) is 6.07 Å². The van der Waals surface area contributed by atoms with Crippen LogP contribution in [0.2, 0.25) is 0 Å². The van der Waals surface area contributed by atoms with Crippen LogP contribution in [0, 0.1) is 23.7 Å². The lowest BCUT2D eigenvalue weighted by atomic mass is 10.4. The number of carboxylic acid groups (broad SMARTS) is 1.